The molecule has 2 nitrogen and oxygen atoms in total. The van der Waals surface area contributed by atoms with Crippen LogP contribution in [0.15, 0.2) is 27.8 Å². The van der Waals surface area contributed by atoms with Crippen molar-refractivity contribution in [2.75, 3.05) is 5.43 Å². The predicted octanol–water partition coefficient (Wildman–Crippen LogP) is 5.20. The van der Waals surface area contributed by atoms with Crippen molar-refractivity contribution in [2.45, 2.75) is 40.0 Å². The summed E-state index contributed by atoms with van der Waals surface area (Å²) in [6.07, 6.45) is 4.98. The van der Waals surface area contributed by atoms with Crippen molar-refractivity contribution < 1.29 is 4.39 Å². The highest BCUT2D eigenvalue weighted by Gasteiger charge is 2.17. The molecule has 18 heavy (non-hydrogen) atoms. The van der Waals surface area contributed by atoms with E-state index in [2.05, 4.69) is 26.5 Å². The number of hydrazone groups is 1. The SMILES string of the molecule is C.C/C(=N\Nc1ccc(Br)cc1F)C1CCCC1. The van der Waals surface area contributed by atoms with Crippen molar-refractivity contribution in [1.29, 1.82) is 0 Å². The Morgan fingerprint density at radius 2 is 2.06 bits per heavy atom. The molecule has 1 aliphatic rings. The van der Waals surface area contributed by atoms with Gasteiger partial charge in [0.15, 0.2) is 0 Å². The second-order valence-electron chi connectivity index (χ2n) is 4.47. The Labute approximate surface area is 117 Å². The van der Waals surface area contributed by atoms with Gasteiger partial charge in [-0.15, -0.1) is 0 Å². The molecular formula is C14H20BrFN2. The number of halogens is 2. The molecule has 1 aromatic rings. The summed E-state index contributed by atoms with van der Waals surface area (Å²) in [7, 11) is 0. The third-order valence-corrected chi connectivity index (χ3v) is 3.72. The van der Waals surface area contributed by atoms with Gasteiger partial charge in [0, 0.05) is 10.2 Å². The van der Waals surface area contributed by atoms with Crippen molar-refractivity contribution in [3.8, 4) is 0 Å². The van der Waals surface area contributed by atoms with E-state index < -0.39 is 0 Å². The summed E-state index contributed by atoms with van der Waals surface area (Å²) in [4.78, 5) is 0. The van der Waals surface area contributed by atoms with E-state index in [1.54, 1.807) is 12.1 Å². The van der Waals surface area contributed by atoms with E-state index in [1.165, 1.54) is 31.7 Å². The minimum Gasteiger partial charge on any atom is -0.276 e. The van der Waals surface area contributed by atoms with Gasteiger partial charge in [-0.2, -0.15) is 5.10 Å². The first kappa shape index (κ1) is 15.2. The first-order chi connectivity index (χ1) is 8.16. The molecule has 1 fully saturated rings. The molecule has 0 amide bonds. The molecule has 0 radical (unpaired) electrons. The van der Waals surface area contributed by atoms with Crippen LogP contribution in [0.5, 0.6) is 0 Å². The van der Waals surface area contributed by atoms with Crippen LogP contribution in [-0.4, -0.2) is 5.71 Å². The average molecular weight is 315 g/mol. The topological polar surface area (TPSA) is 24.4 Å². The van der Waals surface area contributed by atoms with Gasteiger partial charge in [0.25, 0.3) is 0 Å². The maximum Gasteiger partial charge on any atom is 0.149 e. The normalized spacial score (nSPS) is 16.5. The molecule has 0 atom stereocenters. The Kier molecular flexibility index (Phi) is 5.79. The van der Waals surface area contributed by atoms with Gasteiger partial charge in [0.1, 0.15) is 5.82 Å². The largest absolute Gasteiger partial charge is 0.276 e. The van der Waals surface area contributed by atoms with Crippen molar-refractivity contribution in [2.24, 2.45) is 11.0 Å². The standard InChI is InChI=1S/C13H16BrFN2.CH4/c1-9(10-4-2-3-5-10)16-17-13-7-6-11(14)8-12(13)15;/h6-8,10,17H,2-5H2,1H3;1H4/b16-9+;. The Bertz CT molecular complexity index is 426. The second kappa shape index (κ2) is 6.88. The van der Waals surface area contributed by atoms with Crippen LogP contribution in [0.3, 0.4) is 0 Å². The van der Waals surface area contributed by atoms with Gasteiger partial charge in [0.05, 0.1) is 5.69 Å². The third-order valence-electron chi connectivity index (χ3n) is 3.23. The fourth-order valence-corrected chi connectivity index (χ4v) is 2.50. The lowest BCUT2D eigenvalue weighted by Crippen LogP contribution is -2.09. The van der Waals surface area contributed by atoms with Crippen molar-refractivity contribution in [1.82, 2.24) is 0 Å². The smallest absolute Gasteiger partial charge is 0.149 e. The van der Waals surface area contributed by atoms with Crippen molar-refractivity contribution >= 4 is 27.3 Å². The molecular weight excluding hydrogens is 295 g/mol. The van der Waals surface area contributed by atoms with E-state index >= 15 is 0 Å². The summed E-state index contributed by atoms with van der Waals surface area (Å²) >= 11 is 3.23. The molecule has 4 heteroatoms. The summed E-state index contributed by atoms with van der Waals surface area (Å²) in [6.45, 7) is 2.01. The Hall–Kier alpha value is -0.900. The number of hydrogen-bond donors (Lipinski definition) is 1. The zero-order valence-corrected chi connectivity index (χ0v) is 11.4. The minimum absolute atomic E-state index is 0. The van der Waals surface area contributed by atoms with E-state index in [4.69, 9.17) is 0 Å². The molecule has 1 N–H and O–H groups in total. The number of nitrogens with one attached hydrogen (secondary N) is 1. The van der Waals surface area contributed by atoms with Gasteiger partial charge in [-0.05, 0) is 43.9 Å². The fourth-order valence-electron chi connectivity index (χ4n) is 2.16. The Balaban J connectivity index is 0.00000162. The summed E-state index contributed by atoms with van der Waals surface area (Å²) in [5.74, 6) is 0.281. The summed E-state index contributed by atoms with van der Waals surface area (Å²) in [5.41, 5.74) is 4.30. The molecule has 100 valence electrons. The molecule has 1 aliphatic carbocycles. The van der Waals surface area contributed by atoms with Gasteiger partial charge in [-0.1, -0.05) is 36.2 Å². The first-order valence-corrected chi connectivity index (χ1v) is 6.71. The van der Waals surface area contributed by atoms with Gasteiger partial charge >= 0.3 is 0 Å². The van der Waals surface area contributed by atoms with Crippen LogP contribution in [0.1, 0.15) is 40.0 Å². The second-order valence-corrected chi connectivity index (χ2v) is 5.39. The maximum atomic E-state index is 13.5. The molecule has 2 rings (SSSR count). The van der Waals surface area contributed by atoms with Crippen LogP contribution < -0.4 is 5.43 Å². The molecule has 0 heterocycles. The predicted molar refractivity (Wildman–Crippen MR) is 79.5 cm³/mol. The van der Waals surface area contributed by atoms with Gasteiger partial charge in [-0.3, -0.25) is 5.43 Å². The van der Waals surface area contributed by atoms with Crippen LogP contribution in [0.2, 0.25) is 0 Å². The number of anilines is 1. The van der Waals surface area contributed by atoms with Crippen LogP contribution >= 0.6 is 15.9 Å². The lowest BCUT2D eigenvalue weighted by molar-refractivity contribution is 0.629. The van der Waals surface area contributed by atoms with Gasteiger partial charge in [0.2, 0.25) is 0 Å². The summed E-state index contributed by atoms with van der Waals surface area (Å²) in [5, 5.41) is 4.28. The van der Waals surface area contributed by atoms with E-state index in [-0.39, 0.29) is 13.2 Å². The molecule has 1 saturated carbocycles. The monoisotopic (exact) mass is 314 g/mol. The molecule has 0 saturated heterocycles. The van der Waals surface area contributed by atoms with E-state index in [9.17, 15) is 4.39 Å². The van der Waals surface area contributed by atoms with E-state index in [1.807, 2.05) is 6.92 Å². The molecule has 0 aromatic heterocycles. The Morgan fingerprint density at radius 3 is 2.67 bits per heavy atom. The quantitative estimate of drug-likeness (QED) is 0.601. The third kappa shape index (κ3) is 3.80. The molecule has 1 aromatic carbocycles. The molecule has 0 bridgehead atoms. The number of rotatable bonds is 3. The number of nitrogens with zero attached hydrogens (tertiary/aromatic N) is 1. The first-order valence-electron chi connectivity index (χ1n) is 5.92. The van der Waals surface area contributed by atoms with E-state index in [0.717, 1.165) is 10.2 Å². The van der Waals surface area contributed by atoms with Crippen LogP contribution in [-0.2, 0) is 0 Å². The van der Waals surface area contributed by atoms with Gasteiger partial charge < -0.3 is 0 Å². The zero-order chi connectivity index (χ0) is 12.3. The van der Waals surface area contributed by atoms with E-state index in [0.29, 0.717) is 11.6 Å². The highest BCUT2D eigenvalue weighted by atomic mass is 79.9. The lowest BCUT2D eigenvalue weighted by Gasteiger charge is -2.09. The minimum atomic E-state index is -0.289. The average Bonchev–Trinajstić information content (AvgIpc) is 2.81. The number of hydrogen-bond acceptors (Lipinski definition) is 2. The van der Waals surface area contributed by atoms with Crippen LogP contribution in [0, 0.1) is 11.7 Å². The summed E-state index contributed by atoms with van der Waals surface area (Å²) in [6, 6.07) is 4.92. The summed E-state index contributed by atoms with van der Waals surface area (Å²) < 4.78 is 14.2. The van der Waals surface area contributed by atoms with Crippen LogP contribution in [0.4, 0.5) is 10.1 Å². The molecule has 0 aliphatic heterocycles. The highest BCUT2D eigenvalue weighted by molar-refractivity contribution is 9.10. The van der Waals surface area contributed by atoms with Gasteiger partial charge in [-0.25, -0.2) is 4.39 Å². The molecule has 0 unspecified atom stereocenters. The van der Waals surface area contributed by atoms with Crippen molar-refractivity contribution in [3.63, 3.8) is 0 Å². The van der Waals surface area contributed by atoms with Crippen LogP contribution in [0.25, 0.3) is 0 Å². The Morgan fingerprint density at radius 1 is 1.39 bits per heavy atom. The zero-order valence-electron chi connectivity index (χ0n) is 9.84. The van der Waals surface area contributed by atoms with Crippen molar-refractivity contribution in [3.05, 3.63) is 28.5 Å². The highest BCUT2D eigenvalue weighted by Crippen LogP contribution is 2.26. The molecule has 0 spiro atoms. The fraction of sp³-hybridized carbons (Fsp3) is 0.500. The maximum absolute atomic E-state index is 13.5. The lowest BCUT2D eigenvalue weighted by atomic mass is 10.0. The number of benzene rings is 1.